The Balaban J connectivity index is 0.885. The number of benzene rings is 5. The van der Waals surface area contributed by atoms with Gasteiger partial charge < -0.3 is 43.8 Å². The fraction of sp³-hybridized carbons (Fsp3) is 0.416. The summed E-state index contributed by atoms with van der Waals surface area (Å²) >= 11 is 0. The zero-order valence-electron chi connectivity index (χ0n) is 50.4. The number of esters is 2. The molecule has 4 heterocycles. The quantitative estimate of drug-likeness (QED) is 0.0354. The number of allylic oxidation sites excluding steroid dienone is 5. The smallest absolute Gasteiger partial charge is 0.340 e. The first-order valence-corrected chi connectivity index (χ1v) is 32.6. The van der Waals surface area contributed by atoms with Crippen LogP contribution in [0.3, 0.4) is 0 Å². The molecule has 0 saturated heterocycles. The molecule has 12 heteroatoms. The van der Waals surface area contributed by atoms with E-state index in [0.29, 0.717) is 53.4 Å². The van der Waals surface area contributed by atoms with Crippen LogP contribution in [0.15, 0.2) is 160 Å². The fourth-order valence-electron chi connectivity index (χ4n) is 18.9. The van der Waals surface area contributed by atoms with Crippen LogP contribution in [0.5, 0.6) is 5.75 Å². The monoisotopic (exact) mass is 1190 g/mol. The third-order valence-corrected chi connectivity index (χ3v) is 22.8. The second-order valence-electron chi connectivity index (χ2n) is 26.9. The molecule has 7 aliphatic carbocycles. The fourth-order valence-corrected chi connectivity index (χ4v) is 18.9. The lowest BCUT2D eigenvalue weighted by atomic mass is 9.48. The van der Waals surface area contributed by atoms with Gasteiger partial charge in [0.05, 0.1) is 25.4 Å². The molecule has 0 radical (unpaired) electrons. The summed E-state index contributed by atoms with van der Waals surface area (Å²) in [4.78, 5) is 46.5. The van der Waals surface area contributed by atoms with Crippen molar-refractivity contribution < 1.29 is 53.4 Å². The Morgan fingerprint density at radius 3 is 2.39 bits per heavy atom. The van der Waals surface area contributed by atoms with Gasteiger partial charge in [-0.05, 0) is 174 Å². The largest absolute Gasteiger partial charge is 0.482 e. The number of ether oxygens (including phenoxy) is 4. The molecule has 2 spiro atoms. The van der Waals surface area contributed by atoms with Gasteiger partial charge in [0.15, 0.2) is 17.8 Å². The van der Waals surface area contributed by atoms with E-state index in [1.807, 2.05) is 0 Å². The molecule has 0 unspecified atom stereocenters. The van der Waals surface area contributed by atoms with E-state index in [9.17, 15) is 25.2 Å². The maximum atomic E-state index is 16.1. The van der Waals surface area contributed by atoms with Gasteiger partial charge in [-0.2, -0.15) is 0 Å². The zero-order valence-corrected chi connectivity index (χ0v) is 50.4. The van der Waals surface area contributed by atoms with Gasteiger partial charge in [0.25, 0.3) is 0 Å². The number of rotatable bonds is 9. The third-order valence-electron chi connectivity index (χ3n) is 22.8. The first-order chi connectivity index (χ1) is 43.6. The van der Waals surface area contributed by atoms with Crippen molar-refractivity contribution in [2.24, 2.45) is 35.5 Å². The van der Waals surface area contributed by atoms with Crippen molar-refractivity contribution in [2.75, 3.05) is 26.6 Å². The minimum absolute atomic E-state index is 0.00121. The van der Waals surface area contributed by atoms with Crippen LogP contribution < -0.4 is 10.4 Å². The van der Waals surface area contributed by atoms with Crippen molar-refractivity contribution in [3.63, 3.8) is 0 Å². The lowest BCUT2D eigenvalue weighted by molar-refractivity contribution is -0.205. The van der Waals surface area contributed by atoms with Crippen LogP contribution in [-0.4, -0.2) is 70.7 Å². The van der Waals surface area contributed by atoms with Crippen molar-refractivity contribution in [3.05, 3.63) is 228 Å². The number of aliphatic hydroxyl groups excluding tert-OH is 4. The normalized spacial score (nSPS) is 31.3. The topological polar surface area (TPSA) is 182 Å². The Morgan fingerprint density at radius 2 is 1.56 bits per heavy atom. The Morgan fingerprint density at radius 1 is 0.753 bits per heavy atom. The van der Waals surface area contributed by atoms with E-state index in [2.05, 4.69) is 140 Å². The lowest BCUT2D eigenvalue weighted by Crippen LogP contribution is -2.61. The molecular weight excluding hydrogens is 1120 g/mol. The highest BCUT2D eigenvalue weighted by molar-refractivity contribution is 5.91. The van der Waals surface area contributed by atoms with E-state index >= 15 is 9.59 Å². The molecule has 2 bridgehead atoms. The van der Waals surface area contributed by atoms with Gasteiger partial charge in [-0.3, -0.25) is 4.79 Å². The van der Waals surface area contributed by atoms with Gasteiger partial charge in [0, 0.05) is 65.1 Å². The molecule has 4 N–H and O–H groups in total. The van der Waals surface area contributed by atoms with Gasteiger partial charge in [-0.15, -0.1) is 0 Å². The predicted molar refractivity (Wildman–Crippen MR) is 339 cm³/mol. The van der Waals surface area contributed by atoms with Crippen LogP contribution in [0.1, 0.15) is 168 Å². The summed E-state index contributed by atoms with van der Waals surface area (Å²) in [5.41, 5.74) is 10.4. The van der Waals surface area contributed by atoms with E-state index in [0.717, 1.165) is 36.0 Å². The molecule has 16 rings (SSSR count). The molecule has 2 saturated carbocycles. The van der Waals surface area contributed by atoms with Gasteiger partial charge in [0.2, 0.25) is 0 Å². The molecule has 14 atom stereocenters. The van der Waals surface area contributed by atoms with Gasteiger partial charge in [-0.25, -0.2) is 9.59 Å². The third kappa shape index (κ3) is 9.43. The van der Waals surface area contributed by atoms with Crippen molar-refractivity contribution in [3.8, 4) is 5.75 Å². The van der Waals surface area contributed by atoms with Crippen LogP contribution in [0.2, 0.25) is 0 Å². The maximum absolute atomic E-state index is 16.1. The summed E-state index contributed by atoms with van der Waals surface area (Å²) in [6, 6.07) is 36.5. The highest BCUT2D eigenvalue weighted by Crippen LogP contribution is 2.64. The molecule has 10 aliphatic rings. The molecule has 12 nitrogen and oxygen atoms in total. The lowest BCUT2D eigenvalue weighted by Gasteiger charge is -2.55. The van der Waals surface area contributed by atoms with E-state index in [-0.39, 0.29) is 108 Å². The van der Waals surface area contributed by atoms with E-state index in [1.54, 1.807) is 19.1 Å². The number of hydrogen-bond acceptors (Lipinski definition) is 12. The van der Waals surface area contributed by atoms with Crippen LogP contribution >= 0.6 is 0 Å². The van der Waals surface area contributed by atoms with Gasteiger partial charge in [0.1, 0.15) is 18.1 Å². The molecule has 0 amide bonds. The Hall–Kier alpha value is -7.45. The van der Waals surface area contributed by atoms with Crippen LogP contribution in [0.25, 0.3) is 23.1 Å². The molecule has 5 aromatic carbocycles. The Labute approximate surface area is 519 Å². The molecule has 2 fully saturated rings. The molecular formula is C77H78O12. The van der Waals surface area contributed by atoms with E-state index in [1.165, 1.54) is 46.2 Å². The number of aryl methyl sites for hydroxylation is 1. The zero-order chi connectivity index (χ0) is 60.7. The summed E-state index contributed by atoms with van der Waals surface area (Å²) in [6.07, 6.45) is 23.8. The summed E-state index contributed by atoms with van der Waals surface area (Å²) in [6.45, 7) is -0.348. The highest BCUT2D eigenvalue weighted by atomic mass is 16.6. The van der Waals surface area contributed by atoms with Crippen molar-refractivity contribution in [1.29, 1.82) is 0 Å². The maximum Gasteiger partial charge on any atom is 0.340 e. The second kappa shape index (κ2) is 23.4. The van der Waals surface area contributed by atoms with Crippen LogP contribution in [0.4, 0.5) is 0 Å². The summed E-state index contributed by atoms with van der Waals surface area (Å²) in [7, 11) is 0. The first-order valence-electron chi connectivity index (χ1n) is 32.6. The minimum atomic E-state index is -1.41. The van der Waals surface area contributed by atoms with Crippen LogP contribution in [0, 0.1) is 35.5 Å². The standard InChI is InChI=1S/C77H78O12/c1-44(40-79)54-28-20-45-18-21-47(22-19-45)55-29-25-49(57-14-7-17-65-60(57)31-27-53-12-6-11-52-26-23-48-10-3-5-16-64(48)77(52,53)65)37-51(55)38-68(82)86-72-70-67(33-32-61-63(41-80)69(75(84)87-71(61)70)50(34-36-78)42-85-43-81)89-76(73(72)88-74(54)83)35-8-15-59-58-30-24-46-9-2-4-13-56(46)62(58)39-66(59)76/h2-5,7-10,13-19,21-26,29-30,32-33,49-53,55,58-59,62,66,72-73,78-81H,6,11-12,20,27-28,31,34-43H2,1H3/b54-44-/t49-,50+,51-,52-,53+,55-,58+,59-,62-,66+,72+,73-,76-,77-/m0/s1. The number of aliphatic hydroxyl groups is 4. The number of hydrogen-bond donors (Lipinski definition) is 4. The summed E-state index contributed by atoms with van der Waals surface area (Å²) < 4.78 is 33.9. The number of carbonyl (C=O) groups excluding carboxylic acids is 2. The van der Waals surface area contributed by atoms with E-state index in [4.69, 9.17) is 23.4 Å². The first kappa shape index (κ1) is 58.0. The van der Waals surface area contributed by atoms with Gasteiger partial charge >= 0.3 is 17.6 Å². The number of fused-ring (bicyclic) bond motifs is 19. The molecule has 3 aliphatic heterocycles. The van der Waals surface area contributed by atoms with Crippen molar-refractivity contribution in [2.45, 2.75) is 137 Å². The molecule has 89 heavy (non-hydrogen) atoms. The number of carbonyl (C=O) groups is 2. The average Bonchev–Trinajstić information content (AvgIpc) is 1.52. The van der Waals surface area contributed by atoms with Crippen LogP contribution in [-0.2, 0) is 48.7 Å². The minimum Gasteiger partial charge on any atom is -0.482 e. The van der Waals surface area contributed by atoms with Crippen molar-refractivity contribution in [1.82, 2.24) is 0 Å². The van der Waals surface area contributed by atoms with Gasteiger partial charge in [-0.1, -0.05) is 146 Å². The summed E-state index contributed by atoms with van der Waals surface area (Å²) in [5.74, 6) is -1.34. The predicted octanol–water partition coefficient (Wildman–Crippen LogP) is 12.8. The van der Waals surface area contributed by atoms with E-state index < -0.39 is 61.3 Å². The highest BCUT2D eigenvalue weighted by Gasteiger charge is 2.65. The van der Waals surface area contributed by atoms with Crippen molar-refractivity contribution >= 4 is 35.1 Å². The molecule has 1 aromatic heterocycles. The summed E-state index contributed by atoms with van der Waals surface area (Å²) in [5, 5.41) is 42.5. The second-order valence-corrected chi connectivity index (χ2v) is 26.9. The molecule has 6 aromatic rings. The Bertz CT molecular complexity index is 4000. The Kier molecular flexibility index (Phi) is 15.2. The molecule has 458 valence electrons. The average molecular weight is 1200 g/mol. The SMILES string of the molecule is C/C(CO)=C1\CCc2ccc(cc2)[C@@H]2C=C[C@H](c3cccc4c3CC[C@H]3CCC[C@H]5C=Cc6ccccc6[C@@]435)C[C@H]2CC(=O)O[C@@H]2c3c(ccc4c(CO)c([C@H](CCO)COCO)c(=O)oc34)O[C@]3(CC=C[C@H]4[C@H]5C=Cc6ccccc6[C@@H]5C[C@H]43)[C@H]2OC1=O.